The molecule has 4 N–H and O–H groups in total. The molecule has 1 aliphatic carbocycles. The van der Waals surface area contributed by atoms with E-state index in [-0.39, 0.29) is 18.6 Å². The van der Waals surface area contributed by atoms with Crippen LogP contribution < -0.4 is 5.32 Å². The van der Waals surface area contributed by atoms with Crippen molar-refractivity contribution < 1.29 is 28.3 Å². The second kappa shape index (κ2) is 8.54. The Kier molecular flexibility index (Phi) is 6.99. The Morgan fingerprint density at radius 1 is 1.36 bits per heavy atom. The zero-order chi connectivity index (χ0) is 21.2. The van der Waals surface area contributed by atoms with Gasteiger partial charge in [0.1, 0.15) is 4.75 Å². The van der Waals surface area contributed by atoms with Crippen LogP contribution in [0.25, 0.3) is 0 Å². The van der Waals surface area contributed by atoms with Crippen molar-refractivity contribution in [3.05, 3.63) is 22.7 Å². The maximum atomic E-state index is 12.8. The van der Waals surface area contributed by atoms with Crippen LogP contribution in [0.2, 0.25) is 0 Å². The topological polar surface area (TPSA) is 125 Å². The molecule has 1 aromatic heterocycles. The highest BCUT2D eigenvalue weighted by Gasteiger charge is 2.41. The number of nitrogens with one attached hydrogen (secondary N) is 1. The van der Waals surface area contributed by atoms with Gasteiger partial charge in [-0.3, -0.25) is 19.2 Å². The molecule has 1 amide bonds. The van der Waals surface area contributed by atoms with Gasteiger partial charge in [-0.2, -0.15) is 10.6 Å². The van der Waals surface area contributed by atoms with Gasteiger partial charge in [-0.25, -0.2) is 0 Å². The second-order valence-corrected chi connectivity index (χ2v) is 10.8. The summed E-state index contributed by atoms with van der Waals surface area (Å²) in [5.74, 6) is -0.488. The molecule has 0 unspecified atom stereocenters. The molecular weight excluding hydrogens is 384 g/mol. The van der Waals surface area contributed by atoms with Crippen molar-refractivity contribution in [2.75, 3.05) is 19.0 Å². The van der Waals surface area contributed by atoms with Gasteiger partial charge < -0.3 is 14.4 Å². The minimum atomic E-state index is -3.35. The van der Waals surface area contributed by atoms with E-state index in [9.17, 15) is 19.0 Å². The Labute approximate surface area is 167 Å². The van der Waals surface area contributed by atoms with Crippen LogP contribution in [0.3, 0.4) is 0 Å². The van der Waals surface area contributed by atoms with Crippen molar-refractivity contribution >= 4 is 22.4 Å². The number of aliphatic hydroxyl groups excluding tert-OH is 1. The molecule has 0 aromatic carbocycles. The highest BCUT2D eigenvalue weighted by atomic mass is 32.3. The molecule has 160 valence electrons. The fraction of sp³-hybridized carbons (Fsp3) is 0.684. The molecule has 0 radical (unpaired) electrons. The average Bonchev–Trinajstić information content (AvgIpc) is 3.11. The molecule has 8 nitrogen and oxygen atoms in total. The Bertz CT molecular complexity index is 716. The Balaban J connectivity index is 2.11. The van der Waals surface area contributed by atoms with Crippen LogP contribution in [0.4, 0.5) is 5.88 Å². The van der Waals surface area contributed by atoms with Gasteiger partial charge in [0, 0.05) is 24.0 Å². The summed E-state index contributed by atoms with van der Waals surface area (Å²) in [6.07, 6.45) is 3.28. The van der Waals surface area contributed by atoms with Gasteiger partial charge in [0.2, 0.25) is 5.88 Å². The lowest BCUT2D eigenvalue weighted by Crippen LogP contribution is -2.41. The van der Waals surface area contributed by atoms with Crippen LogP contribution in [0, 0.1) is 0 Å². The highest BCUT2D eigenvalue weighted by molar-refractivity contribution is 8.28. The average molecular weight is 417 g/mol. The van der Waals surface area contributed by atoms with Crippen molar-refractivity contribution in [2.24, 2.45) is 0 Å². The summed E-state index contributed by atoms with van der Waals surface area (Å²) in [4.78, 5) is 12.8. The maximum absolute atomic E-state index is 12.8. The number of aliphatic hydroxyl groups is 1. The second-order valence-electron chi connectivity index (χ2n) is 8.39. The number of hydrogen-bond acceptors (Lipinski definition) is 7. The van der Waals surface area contributed by atoms with E-state index >= 15 is 0 Å². The summed E-state index contributed by atoms with van der Waals surface area (Å²) in [6.45, 7) is 6.44. The maximum Gasteiger partial charge on any atom is 0.252 e. The third-order valence-electron chi connectivity index (χ3n) is 5.37. The van der Waals surface area contributed by atoms with E-state index in [1.54, 1.807) is 21.0 Å². The molecule has 1 aliphatic rings. The van der Waals surface area contributed by atoms with E-state index in [2.05, 4.69) is 10.5 Å². The van der Waals surface area contributed by atoms with E-state index in [0.29, 0.717) is 18.5 Å². The molecule has 0 saturated heterocycles. The molecular formula is C19H32N2O6S. The molecule has 0 bridgehead atoms. The minimum Gasteiger partial charge on any atom is -0.395 e. The van der Waals surface area contributed by atoms with E-state index in [0.717, 1.165) is 18.4 Å². The number of rotatable bonds is 7. The van der Waals surface area contributed by atoms with Crippen LogP contribution in [-0.2, 0) is 14.9 Å². The van der Waals surface area contributed by atoms with Gasteiger partial charge in [0.05, 0.1) is 18.4 Å². The number of ether oxygens (including phenoxy) is 1. The van der Waals surface area contributed by atoms with Crippen LogP contribution in [0.5, 0.6) is 0 Å². The lowest BCUT2D eigenvalue weighted by molar-refractivity contribution is -0.118. The van der Waals surface area contributed by atoms with Gasteiger partial charge in [-0.1, -0.05) is 24.6 Å². The monoisotopic (exact) mass is 416 g/mol. The van der Waals surface area contributed by atoms with E-state index in [4.69, 9.17) is 9.26 Å². The zero-order valence-corrected chi connectivity index (χ0v) is 18.0. The Hall–Kier alpha value is -1.39. The first kappa shape index (κ1) is 22.9. The highest BCUT2D eigenvalue weighted by Crippen LogP contribution is 2.55. The lowest BCUT2D eigenvalue weighted by Gasteiger charge is -2.43. The summed E-state index contributed by atoms with van der Waals surface area (Å²) in [7, 11) is -1.67. The molecule has 1 heterocycles. The van der Waals surface area contributed by atoms with E-state index in [1.165, 1.54) is 25.3 Å². The van der Waals surface area contributed by atoms with Crippen molar-refractivity contribution in [3.8, 4) is 0 Å². The predicted molar refractivity (Wildman–Crippen MR) is 110 cm³/mol. The smallest absolute Gasteiger partial charge is 0.252 e. The molecule has 1 aromatic rings. The van der Waals surface area contributed by atoms with Gasteiger partial charge in [0.15, 0.2) is 0 Å². The van der Waals surface area contributed by atoms with Crippen LogP contribution in [-0.4, -0.2) is 49.8 Å². The number of hydrogen-bond donors (Lipinski definition) is 4. The van der Waals surface area contributed by atoms with E-state index < -0.39 is 26.7 Å². The normalized spacial score (nSPS) is 19.4. The fourth-order valence-corrected chi connectivity index (χ4v) is 4.15. The molecule has 0 aliphatic heterocycles. The number of anilines is 1. The third kappa shape index (κ3) is 4.96. The first-order chi connectivity index (χ1) is 12.9. The fourth-order valence-electron chi connectivity index (χ4n) is 2.83. The van der Waals surface area contributed by atoms with E-state index in [1.807, 2.05) is 0 Å². The first-order valence-electron chi connectivity index (χ1n) is 9.32. The summed E-state index contributed by atoms with van der Waals surface area (Å²) < 4.78 is 30.5. The number of carbonyl (C=O) groups excluding carboxylic acids is 1. The molecule has 9 heteroatoms. The zero-order valence-electron chi connectivity index (χ0n) is 17.2. The Morgan fingerprint density at radius 3 is 2.50 bits per heavy atom. The third-order valence-corrected chi connectivity index (χ3v) is 7.72. The van der Waals surface area contributed by atoms with Crippen LogP contribution in [0.15, 0.2) is 21.6 Å². The molecule has 0 spiro atoms. The number of carbonyl (C=O) groups is 1. The van der Waals surface area contributed by atoms with Crippen molar-refractivity contribution in [1.82, 2.24) is 5.16 Å². The van der Waals surface area contributed by atoms with Gasteiger partial charge in [0.25, 0.3) is 5.91 Å². The molecule has 0 atom stereocenters. The minimum absolute atomic E-state index is 0.0954. The van der Waals surface area contributed by atoms with Crippen molar-refractivity contribution in [3.63, 3.8) is 0 Å². The summed E-state index contributed by atoms with van der Waals surface area (Å²) in [5, 5.41) is 17.3. The molecule has 2 rings (SSSR count). The molecule has 1 fully saturated rings. The molecule has 28 heavy (non-hydrogen) atoms. The van der Waals surface area contributed by atoms with Crippen molar-refractivity contribution in [2.45, 2.75) is 69.6 Å². The summed E-state index contributed by atoms with van der Waals surface area (Å²) in [6, 6.07) is 1.53. The number of allylic oxidation sites excluding steroid dienone is 1. The van der Waals surface area contributed by atoms with Crippen LogP contribution >= 0.6 is 10.6 Å². The number of nitrogens with zero attached hydrogens (tertiary/aromatic N) is 1. The number of amides is 1. The number of methoxy groups -OCH3 is 1. The standard InChI is InChI=1S/C19H32N2O6S/c1-18(2,12-22)15-10-16(27-21-15)20-17(23)19(3,4)28(24,25)11-13-6-8-14(26-5)9-7-13/h10-11,14,22,24-25H,6-9,12H2,1-5H3,(H,20,23). The van der Waals surface area contributed by atoms with Gasteiger partial charge in [-0.15, -0.1) is 0 Å². The quantitative estimate of drug-likeness (QED) is 0.531. The largest absolute Gasteiger partial charge is 0.395 e. The van der Waals surface area contributed by atoms with Crippen molar-refractivity contribution in [1.29, 1.82) is 0 Å². The van der Waals surface area contributed by atoms with Crippen LogP contribution in [0.1, 0.15) is 59.1 Å². The summed E-state index contributed by atoms with van der Waals surface area (Å²) >= 11 is 0. The summed E-state index contributed by atoms with van der Waals surface area (Å²) in [5.41, 5.74) is 0.809. The van der Waals surface area contributed by atoms with Gasteiger partial charge >= 0.3 is 0 Å². The lowest BCUT2D eigenvalue weighted by atomic mass is 9.91. The molecule has 1 saturated carbocycles. The Morgan fingerprint density at radius 2 is 1.96 bits per heavy atom. The predicted octanol–water partition coefficient (Wildman–Crippen LogP) is 3.89. The van der Waals surface area contributed by atoms with Gasteiger partial charge in [-0.05, 0) is 39.5 Å². The first-order valence-corrected chi connectivity index (χ1v) is 10.9. The SMILES string of the molecule is COC1CCC(=CS(O)(O)C(C)(C)C(=O)Nc2cc(C(C)(C)CO)no2)CC1. The number of aromatic nitrogens is 1.